The lowest BCUT2D eigenvalue weighted by atomic mass is 9.66. The summed E-state index contributed by atoms with van der Waals surface area (Å²) in [7, 11) is 0. The molecule has 2 nitrogen and oxygen atoms in total. The predicted octanol–water partition coefficient (Wildman–Crippen LogP) is 3.84. The van der Waals surface area contributed by atoms with E-state index in [-0.39, 0.29) is 5.41 Å². The summed E-state index contributed by atoms with van der Waals surface area (Å²) in [5.41, 5.74) is 6.13. The van der Waals surface area contributed by atoms with Crippen LogP contribution in [0.4, 0.5) is 0 Å². The van der Waals surface area contributed by atoms with E-state index in [1.807, 2.05) is 24.3 Å². The summed E-state index contributed by atoms with van der Waals surface area (Å²) in [4.78, 5) is 0. The minimum Gasteiger partial charge on any atom is -0.508 e. The molecule has 0 radical (unpaired) electrons. The summed E-state index contributed by atoms with van der Waals surface area (Å²) in [6, 6.07) is 11.3. The fourth-order valence-corrected chi connectivity index (χ4v) is 4.01. The zero-order valence-corrected chi connectivity index (χ0v) is 11.9. The van der Waals surface area contributed by atoms with E-state index in [0.717, 1.165) is 36.8 Å². The van der Waals surface area contributed by atoms with Crippen LogP contribution in [0.1, 0.15) is 28.7 Å². The number of aryl methyl sites for hydroxylation is 1. The zero-order valence-electron chi connectivity index (χ0n) is 11.9. The Morgan fingerprint density at radius 3 is 2.33 bits per heavy atom. The number of fused-ring (bicyclic) bond motifs is 2. The van der Waals surface area contributed by atoms with Crippen molar-refractivity contribution in [3.05, 3.63) is 65.2 Å². The van der Waals surface area contributed by atoms with Crippen LogP contribution in [-0.4, -0.2) is 10.2 Å². The van der Waals surface area contributed by atoms with Gasteiger partial charge in [0.15, 0.2) is 0 Å². The molecule has 1 spiro atoms. The maximum absolute atomic E-state index is 9.77. The van der Waals surface area contributed by atoms with Gasteiger partial charge >= 0.3 is 0 Å². The van der Waals surface area contributed by atoms with Crippen molar-refractivity contribution < 1.29 is 10.2 Å². The van der Waals surface area contributed by atoms with Crippen molar-refractivity contribution in [1.82, 2.24) is 0 Å². The van der Waals surface area contributed by atoms with Crippen LogP contribution in [0.15, 0.2) is 43.0 Å². The molecule has 1 unspecified atom stereocenters. The van der Waals surface area contributed by atoms with E-state index in [9.17, 15) is 10.2 Å². The van der Waals surface area contributed by atoms with Gasteiger partial charge in [-0.1, -0.05) is 18.7 Å². The van der Waals surface area contributed by atoms with Crippen LogP contribution in [0.3, 0.4) is 0 Å². The molecule has 4 rings (SSSR count). The standard InChI is InChI=1S/C19H18O2/c1-12-18-9-17(21)4-2-13(18)6-7-19(12)10-14-3-5-16(20)8-15(14)11-19/h2-5,8-9,20-21H,1,6-7,10-11H2. The second-order valence-electron chi connectivity index (χ2n) is 6.41. The first-order chi connectivity index (χ1) is 10.1. The van der Waals surface area contributed by atoms with Crippen LogP contribution in [-0.2, 0) is 19.3 Å². The Labute approximate surface area is 124 Å². The molecule has 2 aliphatic carbocycles. The Balaban J connectivity index is 1.77. The van der Waals surface area contributed by atoms with Gasteiger partial charge < -0.3 is 10.2 Å². The van der Waals surface area contributed by atoms with Gasteiger partial charge in [-0.2, -0.15) is 0 Å². The molecule has 0 saturated heterocycles. The summed E-state index contributed by atoms with van der Waals surface area (Å²) in [5.74, 6) is 0.644. The summed E-state index contributed by atoms with van der Waals surface area (Å²) in [5, 5.41) is 19.5. The highest BCUT2D eigenvalue weighted by Gasteiger charge is 2.42. The minimum absolute atomic E-state index is 0.0525. The number of aromatic hydroxyl groups is 2. The van der Waals surface area contributed by atoms with Gasteiger partial charge in [0.1, 0.15) is 11.5 Å². The summed E-state index contributed by atoms with van der Waals surface area (Å²) >= 11 is 0. The molecule has 2 aliphatic rings. The second kappa shape index (κ2) is 4.14. The van der Waals surface area contributed by atoms with Crippen LogP contribution >= 0.6 is 0 Å². The average Bonchev–Trinajstić information content (AvgIpc) is 2.82. The molecule has 0 aromatic heterocycles. The van der Waals surface area contributed by atoms with Gasteiger partial charge in [0, 0.05) is 5.41 Å². The van der Waals surface area contributed by atoms with Gasteiger partial charge in [0.2, 0.25) is 0 Å². The van der Waals surface area contributed by atoms with Crippen molar-refractivity contribution in [3.63, 3.8) is 0 Å². The molecule has 0 fully saturated rings. The number of phenolic OH excluding ortho intramolecular Hbond substituents is 2. The van der Waals surface area contributed by atoms with E-state index in [0.29, 0.717) is 11.5 Å². The summed E-state index contributed by atoms with van der Waals surface area (Å²) in [6.45, 7) is 4.36. The van der Waals surface area contributed by atoms with Gasteiger partial charge in [-0.15, -0.1) is 0 Å². The first-order valence-electron chi connectivity index (χ1n) is 7.40. The number of rotatable bonds is 0. The normalized spacial score (nSPS) is 23.1. The third kappa shape index (κ3) is 1.79. The van der Waals surface area contributed by atoms with E-state index in [2.05, 4.69) is 6.58 Å². The lowest BCUT2D eigenvalue weighted by molar-refractivity contribution is 0.379. The Hall–Kier alpha value is -2.22. The van der Waals surface area contributed by atoms with E-state index in [1.165, 1.54) is 16.7 Å². The van der Waals surface area contributed by atoms with E-state index in [1.54, 1.807) is 12.1 Å². The zero-order chi connectivity index (χ0) is 14.6. The number of hydrogen-bond acceptors (Lipinski definition) is 2. The fraction of sp³-hybridized carbons (Fsp3) is 0.263. The Kier molecular flexibility index (Phi) is 2.47. The molecule has 0 amide bonds. The van der Waals surface area contributed by atoms with Crippen molar-refractivity contribution in [2.24, 2.45) is 5.41 Å². The minimum atomic E-state index is 0.0525. The molecule has 1 atom stereocenters. The fourth-order valence-electron chi connectivity index (χ4n) is 4.01. The molecule has 2 heteroatoms. The number of benzene rings is 2. The first kappa shape index (κ1) is 12.5. The van der Waals surface area contributed by atoms with E-state index < -0.39 is 0 Å². The number of hydrogen-bond donors (Lipinski definition) is 2. The highest BCUT2D eigenvalue weighted by Crippen LogP contribution is 2.53. The monoisotopic (exact) mass is 278 g/mol. The highest BCUT2D eigenvalue weighted by atomic mass is 16.3. The van der Waals surface area contributed by atoms with Crippen LogP contribution in [0.25, 0.3) is 5.57 Å². The molecule has 2 N–H and O–H groups in total. The van der Waals surface area contributed by atoms with Crippen LogP contribution in [0.5, 0.6) is 11.5 Å². The predicted molar refractivity (Wildman–Crippen MR) is 83.4 cm³/mol. The molecule has 21 heavy (non-hydrogen) atoms. The van der Waals surface area contributed by atoms with Crippen molar-refractivity contribution >= 4 is 5.57 Å². The summed E-state index contributed by atoms with van der Waals surface area (Å²) in [6.07, 6.45) is 4.02. The van der Waals surface area contributed by atoms with Crippen LogP contribution in [0.2, 0.25) is 0 Å². The van der Waals surface area contributed by atoms with Gasteiger partial charge in [0.05, 0.1) is 0 Å². The van der Waals surface area contributed by atoms with Crippen LogP contribution in [0, 0.1) is 5.41 Å². The molecular formula is C19H18O2. The highest BCUT2D eigenvalue weighted by molar-refractivity contribution is 5.75. The molecule has 0 saturated carbocycles. The Bertz CT molecular complexity index is 760. The maximum Gasteiger partial charge on any atom is 0.116 e. The molecular weight excluding hydrogens is 260 g/mol. The van der Waals surface area contributed by atoms with Crippen molar-refractivity contribution in [3.8, 4) is 11.5 Å². The largest absolute Gasteiger partial charge is 0.508 e. The number of allylic oxidation sites excluding steroid dienone is 1. The maximum atomic E-state index is 9.77. The second-order valence-corrected chi connectivity index (χ2v) is 6.41. The lowest BCUT2D eigenvalue weighted by Crippen LogP contribution is -2.28. The van der Waals surface area contributed by atoms with Crippen molar-refractivity contribution in [2.75, 3.05) is 0 Å². The molecule has 0 heterocycles. The van der Waals surface area contributed by atoms with Crippen molar-refractivity contribution in [2.45, 2.75) is 25.7 Å². The van der Waals surface area contributed by atoms with Crippen molar-refractivity contribution in [1.29, 1.82) is 0 Å². The quantitative estimate of drug-likeness (QED) is 0.768. The lowest BCUT2D eigenvalue weighted by Gasteiger charge is -2.37. The Morgan fingerprint density at radius 1 is 0.857 bits per heavy atom. The topological polar surface area (TPSA) is 40.5 Å². The Morgan fingerprint density at radius 2 is 1.52 bits per heavy atom. The van der Waals surface area contributed by atoms with Gasteiger partial charge in [-0.25, -0.2) is 0 Å². The van der Waals surface area contributed by atoms with Gasteiger partial charge in [-0.3, -0.25) is 0 Å². The number of phenols is 2. The van der Waals surface area contributed by atoms with Gasteiger partial charge in [-0.05, 0) is 77.8 Å². The molecule has 0 aliphatic heterocycles. The van der Waals surface area contributed by atoms with E-state index in [4.69, 9.17) is 0 Å². The summed E-state index contributed by atoms with van der Waals surface area (Å²) < 4.78 is 0. The molecule has 0 bridgehead atoms. The molecule has 2 aromatic rings. The molecule has 106 valence electrons. The SMILES string of the molecule is C=C1c2cc(O)ccc2CCC12Cc1ccc(O)cc1C2. The third-order valence-corrected chi connectivity index (χ3v) is 5.18. The average molecular weight is 278 g/mol. The van der Waals surface area contributed by atoms with E-state index >= 15 is 0 Å². The van der Waals surface area contributed by atoms with Gasteiger partial charge in [0.25, 0.3) is 0 Å². The third-order valence-electron chi connectivity index (χ3n) is 5.18. The smallest absolute Gasteiger partial charge is 0.116 e. The van der Waals surface area contributed by atoms with Crippen LogP contribution < -0.4 is 0 Å². The molecule has 2 aromatic carbocycles. The first-order valence-corrected chi connectivity index (χ1v) is 7.40.